The zero-order chi connectivity index (χ0) is 12.6. The molecule has 0 radical (unpaired) electrons. The Morgan fingerprint density at radius 3 is 2.50 bits per heavy atom. The molecule has 0 aromatic carbocycles. The minimum atomic E-state index is -1.49. The first-order chi connectivity index (χ1) is 7.37. The Hall–Kier alpha value is -0.336. The van der Waals surface area contributed by atoms with Crippen molar-refractivity contribution in [3.8, 4) is 0 Å². The minimum absolute atomic E-state index is 0.318. The summed E-state index contributed by atoms with van der Waals surface area (Å²) < 4.78 is 10.8. The molecule has 0 spiro atoms. The summed E-state index contributed by atoms with van der Waals surface area (Å²) in [4.78, 5) is 11.0. The van der Waals surface area contributed by atoms with E-state index in [1.54, 1.807) is 6.92 Å². The van der Waals surface area contributed by atoms with Crippen molar-refractivity contribution >= 4 is 23.5 Å². The summed E-state index contributed by atoms with van der Waals surface area (Å²) in [6.45, 7) is 11.8. The third kappa shape index (κ3) is 8.93. The number of amides is 1. The van der Waals surface area contributed by atoms with Gasteiger partial charge in [-0.3, -0.25) is 0 Å². The predicted octanol–water partition coefficient (Wildman–Crippen LogP) is 2.33. The number of alkyl carbamates (subject to hydrolysis) is 1. The fourth-order valence-corrected chi connectivity index (χ4v) is 8.19. The van der Waals surface area contributed by atoms with Gasteiger partial charge in [-0.25, -0.2) is 4.79 Å². The van der Waals surface area contributed by atoms with Crippen LogP contribution in [0.15, 0.2) is 0 Å². The number of rotatable bonds is 7. The van der Waals surface area contributed by atoms with Crippen LogP contribution in [0.1, 0.15) is 13.3 Å². The second-order valence-electron chi connectivity index (χ2n) is 4.68. The van der Waals surface area contributed by atoms with Gasteiger partial charge in [-0.15, -0.1) is 0 Å². The van der Waals surface area contributed by atoms with Gasteiger partial charge in [-0.05, 0) is 45.6 Å². The molecule has 6 heteroatoms. The zero-order valence-electron chi connectivity index (χ0n) is 11.1. The molecule has 16 heavy (non-hydrogen) atoms. The molecule has 0 heterocycles. The quantitative estimate of drug-likeness (QED) is 0.566. The van der Waals surface area contributed by atoms with Crippen LogP contribution in [-0.4, -0.2) is 36.6 Å². The molecule has 0 bridgehead atoms. The van der Waals surface area contributed by atoms with E-state index in [1.165, 1.54) is 0 Å². The Balaban J connectivity index is 3.61. The Morgan fingerprint density at radius 1 is 1.38 bits per heavy atom. The molecule has 4 nitrogen and oxygen atoms in total. The van der Waals surface area contributed by atoms with Crippen LogP contribution in [0.3, 0.4) is 0 Å². The number of carbonyl (C=O) groups is 1. The summed E-state index contributed by atoms with van der Waals surface area (Å²) in [7, 11) is -2.42. The SMILES string of the molecule is CCOC(=O)NCCC[Si](C)(C)O[SiH](C)C. The Bertz CT molecular complexity index is 210. The van der Waals surface area contributed by atoms with E-state index in [2.05, 4.69) is 31.5 Å². The van der Waals surface area contributed by atoms with Gasteiger partial charge in [0.15, 0.2) is 17.4 Å². The van der Waals surface area contributed by atoms with Gasteiger partial charge in [-0.1, -0.05) is 0 Å². The van der Waals surface area contributed by atoms with Crippen LogP contribution in [0.4, 0.5) is 4.79 Å². The molecule has 1 N–H and O–H groups in total. The maximum atomic E-state index is 11.0. The molecule has 0 aromatic heterocycles. The zero-order valence-corrected chi connectivity index (χ0v) is 13.3. The first kappa shape index (κ1) is 15.7. The Kier molecular flexibility index (Phi) is 7.69. The first-order valence-corrected chi connectivity index (χ1v) is 11.9. The van der Waals surface area contributed by atoms with Crippen LogP contribution in [0, 0.1) is 0 Å². The molecule has 0 saturated carbocycles. The highest BCUT2D eigenvalue weighted by atomic mass is 28.4. The van der Waals surface area contributed by atoms with Crippen molar-refractivity contribution < 1.29 is 13.6 Å². The van der Waals surface area contributed by atoms with Gasteiger partial charge in [0.25, 0.3) is 0 Å². The lowest BCUT2D eigenvalue weighted by molar-refractivity contribution is 0.152. The third-order valence-electron chi connectivity index (χ3n) is 2.06. The van der Waals surface area contributed by atoms with Crippen molar-refractivity contribution in [1.29, 1.82) is 0 Å². The second-order valence-corrected chi connectivity index (χ2v) is 11.7. The van der Waals surface area contributed by atoms with Crippen LogP contribution >= 0.6 is 0 Å². The van der Waals surface area contributed by atoms with E-state index < -0.39 is 17.4 Å². The van der Waals surface area contributed by atoms with Crippen LogP contribution in [0.5, 0.6) is 0 Å². The van der Waals surface area contributed by atoms with Crippen LogP contribution < -0.4 is 5.32 Å². The van der Waals surface area contributed by atoms with E-state index in [1.807, 2.05) is 0 Å². The number of nitrogens with one attached hydrogen (secondary N) is 1. The summed E-state index contributed by atoms with van der Waals surface area (Å²) in [5.74, 6) is 0. The summed E-state index contributed by atoms with van der Waals surface area (Å²) in [5.41, 5.74) is 0. The van der Waals surface area contributed by atoms with Crippen LogP contribution in [0.2, 0.25) is 32.2 Å². The fraction of sp³-hybridized carbons (Fsp3) is 0.900. The van der Waals surface area contributed by atoms with Gasteiger partial charge >= 0.3 is 6.09 Å². The molecular weight excluding hydrogens is 238 g/mol. The van der Waals surface area contributed by atoms with Gasteiger partial charge in [-0.2, -0.15) is 0 Å². The van der Waals surface area contributed by atoms with Gasteiger partial charge in [0, 0.05) is 6.54 Å². The van der Waals surface area contributed by atoms with Crippen molar-refractivity contribution in [1.82, 2.24) is 5.32 Å². The maximum Gasteiger partial charge on any atom is 0.407 e. The van der Waals surface area contributed by atoms with Crippen molar-refractivity contribution in [3.05, 3.63) is 0 Å². The molecule has 0 aliphatic rings. The summed E-state index contributed by atoms with van der Waals surface area (Å²) in [5, 5.41) is 2.73. The van der Waals surface area contributed by atoms with Gasteiger partial charge in [0.1, 0.15) is 0 Å². The largest absolute Gasteiger partial charge is 0.458 e. The summed E-state index contributed by atoms with van der Waals surface area (Å²) in [6, 6.07) is 1.09. The van der Waals surface area contributed by atoms with E-state index in [9.17, 15) is 4.79 Å². The molecule has 0 aliphatic heterocycles. The summed E-state index contributed by atoms with van der Waals surface area (Å²) in [6.07, 6.45) is 0.653. The average Bonchev–Trinajstić information content (AvgIpc) is 2.11. The predicted molar refractivity (Wildman–Crippen MR) is 71.9 cm³/mol. The van der Waals surface area contributed by atoms with Crippen molar-refractivity contribution in [2.45, 2.75) is 45.6 Å². The molecule has 96 valence electrons. The van der Waals surface area contributed by atoms with Crippen molar-refractivity contribution in [2.75, 3.05) is 13.2 Å². The minimum Gasteiger partial charge on any atom is -0.458 e. The van der Waals surface area contributed by atoms with E-state index >= 15 is 0 Å². The lowest BCUT2D eigenvalue weighted by Gasteiger charge is -2.25. The number of carbonyl (C=O) groups excluding carboxylic acids is 1. The fourth-order valence-electron chi connectivity index (χ4n) is 1.58. The van der Waals surface area contributed by atoms with E-state index in [-0.39, 0.29) is 6.09 Å². The molecule has 0 unspecified atom stereocenters. The van der Waals surface area contributed by atoms with Gasteiger partial charge in [0.2, 0.25) is 0 Å². The molecular formula is C10H25NO3Si2. The molecule has 0 saturated heterocycles. The topological polar surface area (TPSA) is 47.6 Å². The Morgan fingerprint density at radius 2 is 2.00 bits per heavy atom. The maximum absolute atomic E-state index is 11.0. The van der Waals surface area contributed by atoms with E-state index in [0.717, 1.165) is 12.5 Å². The monoisotopic (exact) mass is 263 g/mol. The van der Waals surface area contributed by atoms with Crippen LogP contribution in [0.25, 0.3) is 0 Å². The molecule has 0 fully saturated rings. The third-order valence-corrected chi connectivity index (χ3v) is 8.05. The standard InChI is InChI=1S/C10H25NO3Si2/c1-6-13-10(12)11-8-7-9-16(4,5)14-15(2)3/h15H,6-9H2,1-5H3,(H,11,12). The molecule has 0 aromatic rings. The molecule has 1 amide bonds. The van der Waals surface area contributed by atoms with Crippen molar-refractivity contribution in [2.24, 2.45) is 0 Å². The Labute approximate surface area is 102 Å². The van der Waals surface area contributed by atoms with Gasteiger partial charge < -0.3 is 14.2 Å². The number of ether oxygens (including phenoxy) is 1. The first-order valence-electron chi connectivity index (χ1n) is 5.96. The van der Waals surface area contributed by atoms with E-state index in [0.29, 0.717) is 13.2 Å². The molecule has 0 aliphatic carbocycles. The van der Waals surface area contributed by atoms with Crippen LogP contribution in [-0.2, 0) is 8.85 Å². The second kappa shape index (κ2) is 7.86. The van der Waals surface area contributed by atoms with Gasteiger partial charge in [0.05, 0.1) is 6.61 Å². The normalized spacial score (nSPS) is 11.6. The molecule has 0 atom stereocenters. The lowest BCUT2D eigenvalue weighted by Crippen LogP contribution is -2.36. The smallest absolute Gasteiger partial charge is 0.407 e. The van der Waals surface area contributed by atoms with E-state index in [4.69, 9.17) is 8.85 Å². The molecule has 0 rings (SSSR count). The summed E-state index contributed by atoms with van der Waals surface area (Å²) >= 11 is 0. The average molecular weight is 263 g/mol. The number of hydrogen-bond acceptors (Lipinski definition) is 3. The highest BCUT2D eigenvalue weighted by Crippen LogP contribution is 2.14. The highest BCUT2D eigenvalue weighted by Gasteiger charge is 2.22. The van der Waals surface area contributed by atoms with Crippen molar-refractivity contribution in [3.63, 3.8) is 0 Å². The lowest BCUT2D eigenvalue weighted by atomic mass is 10.5. The number of hydrogen-bond donors (Lipinski definition) is 1. The highest BCUT2D eigenvalue weighted by molar-refractivity contribution is 6.77.